The van der Waals surface area contributed by atoms with Crippen molar-refractivity contribution >= 4 is 23.8 Å². The van der Waals surface area contributed by atoms with E-state index in [0.29, 0.717) is 25.4 Å². The molecular weight excluding hydrogens is 412 g/mol. The van der Waals surface area contributed by atoms with Gasteiger partial charge in [-0.05, 0) is 31.4 Å². The molecule has 1 aliphatic carbocycles. The van der Waals surface area contributed by atoms with Gasteiger partial charge in [-0.25, -0.2) is 24.1 Å². The number of ether oxygens (including phenoxy) is 1. The third kappa shape index (κ3) is 5.83. The SMILES string of the molecule is O=C(O)C1CCCCC1.O=C1OCCCN1c1cccc(-c2nc(NF)ncc2F)n1. The number of aromatic nitrogens is 3. The van der Waals surface area contributed by atoms with Crippen LogP contribution in [-0.4, -0.2) is 45.3 Å². The Kier molecular flexibility index (Phi) is 7.63. The number of amides is 1. The first kappa shape index (κ1) is 22.3. The monoisotopic (exact) mass is 435 g/mol. The minimum Gasteiger partial charge on any atom is -0.481 e. The molecule has 1 amide bonds. The number of carboxylic acid groups (broad SMARTS) is 1. The van der Waals surface area contributed by atoms with Crippen molar-refractivity contribution in [2.75, 3.05) is 23.6 Å². The van der Waals surface area contributed by atoms with Gasteiger partial charge in [0.2, 0.25) is 0 Å². The summed E-state index contributed by atoms with van der Waals surface area (Å²) in [4.78, 5) is 34.7. The van der Waals surface area contributed by atoms with Crippen LogP contribution < -0.4 is 10.4 Å². The molecule has 0 bridgehead atoms. The molecule has 2 aliphatic rings. The predicted octanol–water partition coefficient (Wildman–Crippen LogP) is 3.97. The summed E-state index contributed by atoms with van der Waals surface area (Å²) in [6, 6.07) is 4.71. The molecule has 11 heteroatoms. The molecule has 9 nitrogen and oxygen atoms in total. The zero-order valence-electron chi connectivity index (χ0n) is 16.8. The van der Waals surface area contributed by atoms with E-state index in [4.69, 9.17) is 9.84 Å². The van der Waals surface area contributed by atoms with Crippen LogP contribution in [0.1, 0.15) is 38.5 Å². The second kappa shape index (κ2) is 10.6. The van der Waals surface area contributed by atoms with Crippen LogP contribution >= 0.6 is 0 Å². The molecule has 2 fully saturated rings. The van der Waals surface area contributed by atoms with Crippen LogP contribution in [0.3, 0.4) is 0 Å². The molecule has 31 heavy (non-hydrogen) atoms. The summed E-state index contributed by atoms with van der Waals surface area (Å²) in [5.74, 6) is -1.44. The van der Waals surface area contributed by atoms with E-state index in [1.54, 1.807) is 12.1 Å². The smallest absolute Gasteiger partial charge is 0.415 e. The fourth-order valence-electron chi connectivity index (χ4n) is 3.41. The molecule has 2 N–H and O–H groups in total. The third-order valence-corrected chi connectivity index (χ3v) is 5.01. The summed E-state index contributed by atoms with van der Waals surface area (Å²) in [7, 11) is 0. The summed E-state index contributed by atoms with van der Waals surface area (Å²) < 4.78 is 31.1. The average Bonchev–Trinajstić information content (AvgIpc) is 2.81. The Balaban J connectivity index is 0.000000254. The second-order valence-corrected chi connectivity index (χ2v) is 7.16. The van der Waals surface area contributed by atoms with Crippen molar-refractivity contribution in [3.05, 3.63) is 30.2 Å². The Morgan fingerprint density at radius 3 is 2.61 bits per heavy atom. The summed E-state index contributed by atoms with van der Waals surface area (Å²) >= 11 is 0. The minimum absolute atomic E-state index is 0.0289. The van der Waals surface area contributed by atoms with Gasteiger partial charge in [-0.15, -0.1) is 4.48 Å². The van der Waals surface area contributed by atoms with Crippen LogP contribution in [0.15, 0.2) is 24.4 Å². The molecule has 166 valence electrons. The molecule has 0 atom stereocenters. The van der Waals surface area contributed by atoms with Gasteiger partial charge in [0, 0.05) is 6.54 Å². The number of carboxylic acids is 1. The Morgan fingerprint density at radius 1 is 1.19 bits per heavy atom. The highest BCUT2D eigenvalue weighted by molar-refractivity contribution is 5.87. The van der Waals surface area contributed by atoms with Gasteiger partial charge in [-0.1, -0.05) is 25.3 Å². The number of rotatable bonds is 4. The summed E-state index contributed by atoms with van der Waals surface area (Å²) in [5, 5.41) is 8.54. The van der Waals surface area contributed by atoms with Crippen molar-refractivity contribution in [3.8, 4) is 11.4 Å². The van der Waals surface area contributed by atoms with Crippen LogP contribution in [0.5, 0.6) is 0 Å². The highest BCUT2D eigenvalue weighted by Gasteiger charge is 2.23. The van der Waals surface area contributed by atoms with Crippen molar-refractivity contribution in [2.45, 2.75) is 38.5 Å². The molecule has 0 radical (unpaired) electrons. The lowest BCUT2D eigenvalue weighted by Crippen LogP contribution is -2.38. The molecule has 1 saturated carbocycles. The number of cyclic esters (lactones) is 1. The second-order valence-electron chi connectivity index (χ2n) is 7.16. The number of aliphatic carboxylic acids is 1. The number of carbonyl (C=O) groups is 2. The first-order valence-electron chi connectivity index (χ1n) is 10.0. The molecule has 3 heterocycles. The van der Waals surface area contributed by atoms with E-state index in [0.717, 1.165) is 31.9 Å². The molecule has 0 unspecified atom stereocenters. The lowest BCUT2D eigenvalue weighted by Gasteiger charge is -2.25. The molecular formula is C20H23F2N5O4. The maximum absolute atomic E-state index is 13.8. The van der Waals surface area contributed by atoms with Gasteiger partial charge in [0.1, 0.15) is 11.5 Å². The van der Waals surface area contributed by atoms with Crippen molar-refractivity contribution in [1.82, 2.24) is 15.0 Å². The van der Waals surface area contributed by atoms with Crippen molar-refractivity contribution in [3.63, 3.8) is 0 Å². The summed E-state index contributed by atoms with van der Waals surface area (Å²) in [6.45, 7) is 0.819. The number of hydrogen-bond donors (Lipinski definition) is 2. The number of pyridine rings is 1. The van der Waals surface area contributed by atoms with E-state index in [1.165, 1.54) is 22.9 Å². The van der Waals surface area contributed by atoms with Crippen LogP contribution in [0.25, 0.3) is 11.4 Å². The maximum atomic E-state index is 13.8. The molecule has 2 aromatic heterocycles. The van der Waals surface area contributed by atoms with Crippen molar-refractivity contribution < 1.29 is 28.3 Å². The fourth-order valence-corrected chi connectivity index (χ4v) is 3.41. The molecule has 4 rings (SSSR count). The standard InChI is InChI=1S/C13H11F2N5O2.C7H12O2/c14-8-7-16-12(19-15)18-11(8)9-3-1-4-10(17-9)20-5-2-6-22-13(20)21;8-7(9)6-4-2-1-3-5-6/h1,3-4,7H,2,5-6H2,(H,16,18,19);6H,1-5H2,(H,8,9). The van der Waals surface area contributed by atoms with Crippen LogP contribution in [0.4, 0.5) is 25.4 Å². The highest BCUT2D eigenvalue weighted by Crippen LogP contribution is 2.24. The van der Waals surface area contributed by atoms with Gasteiger partial charge >= 0.3 is 12.1 Å². The van der Waals surface area contributed by atoms with E-state index < -0.39 is 17.9 Å². The largest absolute Gasteiger partial charge is 0.481 e. The zero-order valence-corrected chi connectivity index (χ0v) is 16.8. The van der Waals surface area contributed by atoms with Gasteiger partial charge in [0.25, 0.3) is 5.95 Å². The molecule has 0 spiro atoms. The number of nitrogens with zero attached hydrogens (tertiary/aromatic N) is 4. The van der Waals surface area contributed by atoms with Crippen LogP contribution in [-0.2, 0) is 9.53 Å². The zero-order chi connectivity index (χ0) is 22.2. The van der Waals surface area contributed by atoms with Gasteiger partial charge in [-0.3, -0.25) is 9.69 Å². The third-order valence-electron chi connectivity index (χ3n) is 5.01. The summed E-state index contributed by atoms with van der Waals surface area (Å²) in [5.41, 5.74) is 1.24. The van der Waals surface area contributed by atoms with Crippen LogP contribution in [0, 0.1) is 11.7 Å². The van der Waals surface area contributed by atoms with Crippen LogP contribution in [0.2, 0.25) is 0 Å². The number of anilines is 2. The first-order chi connectivity index (χ1) is 15.0. The molecule has 0 aromatic carbocycles. The quantitative estimate of drug-likeness (QED) is 0.693. The normalized spacial score (nSPS) is 16.7. The van der Waals surface area contributed by atoms with Crippen molar-refractivity contribution in [1.29, 1.82) is 0 Å². The van der Waals surface area contributed by atoms with Gasteiger partial charge in [-0.2, -0.15) is 5.54 Å². The summed E-state index contributed by atoms with van der Waals surface area (Å²) in [6.07, 6.45) is 6.25. The van der Waals surface area contributed by atoms with E-state index in [-0.39, 0.29) is 23.3 Å². The fraction of sp³-hybridized carbons (Fsp3) is 0.450. The van der Waals surface area contributed by atoms with E-state index in [9.17, 15) is 18.5 Å². The molecule has 1 saturated heterocycles. The molecule has 1 aliphatic heterocycles. The Morgan fingerprint density at radius 2 is 1.97 bits per heavy atom. The Hall–Kier alpha value is -3.37. The molecule has 2 aromatic rings. The minimum atomic E-state index is -0.745. The Labute approximate surface area is 177 Å². The average molecular weight is 435 g/mol. The van der Waals surface area contributed by atoms with E-state index in [1.807, 2.05) is 0 Å². The maximum Gasteiger partial charge on any atom is 0.415 e. The highest BCUT2D eigenvalue weighted by atomic mass is 19.2. The van der Waals surface area contributed by atoms with E-state index >= 15 is 0 Å². The lowest BCUT2D eigenvalue weighted by atomic mass is 9.90. The van der Waals surface area contributed by atoms with Crippen molar-refractivity contribution in [2.24, 2.45) is 5.92 Å². The number of nitrogens with one attached hydrogen (secondary N) is 1. The number of hydrogen-bond acceptors (Lipinski definition) is 7. The topological polar surface area (TPSA) is 118 Å². The number of carbonyl (C=O) groups excluding carboxylic acids is 1. The number of halogens is 2. The van der Waals surface area contributed by atoms with Gasteiger partial charge in [0.05, 0.1) is 24.4 Å². The first-order valence-corrected chi connectivity index (χ1v) is 10.0. The van der Waals surface area contributed by atoms with Gasteiger partial charge < -0.3 is 9.84 Å². The Bertz CT molecular complexity index is 924. The van der Waals surface area contributed by atoms with Gasteiger partial charge in [0.15, 0.2) is 5.82 Å². The lowest BCUT2D eigenvalue weighted by molar-refractivity contribution is -0.142. The predicted molar refractivity (Wildman–Crippen MR) is 107 cm³/mol. The van der Waals surface area contributed by atoms with E-state index in [2.05, 4.69) is 15.0 Å².